The molecule has 3 aromatic rings. The van der Waals surface area contributed by atoms with Crippen LogP contribution in [0.1, 0.15) is 18.1 Å². The van der Waals surface area contributed by atoms with Crippen molar-refractivity contribution in [3.63, 3.8) is 0 Å². The standard InChI is InChI=1S/C24H26ClNO2/c1-17(14-18-10-12-21(25)13-11-18)23(24(27)28)16-26(2)15-20-8-5-7-19-6-3-4-9-22(19)20/h3-13,17,23H,14-16H2,1-2H3,(H,27,28)/t17?,23-/m0/s1. The van der Waals surface area contributed by atoms with Crippen molar-refractivity contribution >= 4 is 28.3 Å². The first kappa shape index (κ1) is 20.4. The molecule has 0 saturated heterocycles. The molecule has 0 aromatic heterocycles. The van der Waals surface area contributed by atoms with Crippen LogP contribution in [0.3, 0.4) is 0 Å². The zero-order chi connectivity index (χ0) is 20.1. The Morgan fingerprint density at radius 1 is 1.04 bits per heavy atom. The highest BCUT2D eigenvalue weighted by Crippen LogP contribution is 2.23. The molecule has 3 rings (SSSR count). The van der Waals surface area contributed by atoms with E-state index < -0.39 is 11.9 Å². The summed E-state index contributed by atoms with van der Waals surface area (Å²) in [4.78, 5) is 14.0. The van der Waals surface area contributed by atoms with Crippen LogP contribution in [-0.2, 0) is 17.8 Å². The van der Waals surface area contributed by atoms with E-state index in [1.165, 1.54) is 16.3 Å². The van der Waals surface area contributed by atoms with Crippen molar-refractivity contribution < 1.29 is 9.90 Å². The van der Waals surface area contributed by atoms with E-state index in [1.54, 1.807) is 0 Å². The van der Waals surface area contributed by atoms with E-state index in [0.29, 0.717) is 11.6 Å². The Kier molecular flexibility index (Phi) is 6.71. The van der Waals surface area contributed by atoms with Gasteiger partial charge in [-0.25, -0.2) is 0 Å². The van der Waals surface area contributed by atoms with Gasteiger partial charge in [0, 0.05) is 18.1 Å². The van der Waals surface area contributed by atoms with Crippen molar-refractivity contribution in [3.05, 3.63) is 82.9 Å². The highest BCUT2D eigenvalue weighted by atomic mass is 35.5. The first-order valence-corrected chi connectivity index (χ1v) is 9.94. The molecule has 3 aromatic carbocycles. The molecule has 0 spiro atoms. The van der Waals surface area contributed by atoms with Gasteiger partial charge in [-0.3, -0.25) is 4.79 Å². The Bertz CT molecular complexity index is 933. The number of fused-ring (bicyclic) bond motifs is 1. The summed E-state index contributed by atoms with van der Waals surface area (Å²) in [7, 11) is 1.99. The van der Waals surface area contributed by atoms with E-state index in [2.05, 4.69) is 35.2 Å². The Hall–Kier alpha value is -2.36. The van der Waals surface area contributed by atoms with Crippen LogP contribution in [0.5, 0.6) is 0 Å². The molecule has 0 bridgehead atoms. The number of aliphatic carboxylic acids is 1. The Morgan fingerprint density at radius 3 is 2.43 bits per heavy atom. The summed E-state index contributed by atoms with van der Waals surface area (Å²) in [5.41, 5.74) is 2.33. The van der Waals surface area contributed by atoms with Crippen LogP contribution < -0.4 is 0 Å². The van der Waals surface area contributed by atoms with Gasteiger partial charge in [0.1, 0.15) is 0 Å². The van der Waals surface area contributed by atoms with Crippen molar-refractivity contribution in [2.75, 3.05) is 13.6 Å². The minimum absolute atomic E-state index is 0.0219. The van der Waals surface area contributed by atoms with Crippen LogP contribution in [0, 0.1) is 11.8 Å². The topological polar surface area (TPSA) is 40.5 Å². The van der Waals surface area contributed by atoms with Crippen molar-refractivity contribution in [2.45, 2.75) is 19.9 Å². The van der Waals surface area contributed by atoms with Gasteiger partial charge in [-0.15, -0.1) is 0 Å². The maximum absolute atomic E-state index is 11.9. The van der Waals surface area contributed by atoms with E-state index in [4.69, 9.17) is 11.6 Å². The fraction of sp³-hybridized carbons (Fsp3) is 0.292. The lowest BCUT2D eigenvalue weighted by atomic mass is 9.88. The van der Waals surface area contributed by atoms with Gasteiger partial charge in [-0.05, 0) is 53.4 Å². The third kappa shape index (κ3) is 5.12. The first-order valence-electron chi connectivity index (χ1n) is 9.56. The number of carboxylic acids is 1. The monoisotopic (exact) mass is 395 g/mol. The summed E-state index contributed by atoms with van der Waals surface area (Å²) in [5, 5.41) is 12.9. The number of rotatable bonds is 8. The highest BCUT2D eigenvalue weighted by molar-refractivity contribution is 6.30. The van der Waals surface area contributed by atoms with Gasteiger partial charge in [0.05, 0.1) is 5.92 Å². The fourth-order valence-corrected chi connectivity index (χ4v) is 3.88. The molecule has 28 heavy (non-hydrogen) atoms. The predicted octanol–water partition coefficient (Wildman–Crippen LogP) is 5.50. The quantitative estimate of drug-likeness (QED) is 0.547. The number of carboxylic acid groups (broad SMARTS) is 1. The summed E-state index contributed by atoms with van der Waals surface area (Å²) >= 11 is 5.95. The lowest BCUT2D eigenvalue weighted by Crippen LogP contribution is -2.35. The van der Waals surface area contributed by atoms with Gasteiger partial charge in [0.25, 0.3) is 0 Å². The predicted molar refractivity (Wildman–Crippen MR) is 116 cm³/mol. The molecule has 3 nitrogen and oxygen atoms in total. The molecule has 0 saturated carbocycles. The summed E-state index contributed by atoms with van der Waals surface area (Å²) in [5.74, 6) is -1.16. The Balaban J connectivity index is 1.69. The Labute approximate surface area is 171 Å². The molecular formula is C24H26ClNO2. The van der Waals surface area contributed by atoms with Gasteiger partial charge in [-0.2, -0.15) is 0 Å². The lowest BCUT2D eigenvalue weighted by Gasteiger charge is -2.26. The maximum Gasteiger partial charge on any atom is 0.308 e. The maximum atomic E-state index is 11.9. The van der Waals surface area contributed by atoms with Gasteiger partial charge in [0.2, 0.25) is 0 Å². The van der Waals surface area contributed by atoms with Gasteiger partial charge < -0.3 is 10.0 Å². The fourth-order valence-electron chi connectivity index (χ4n) is 3.76. The number of halogens is 1. The average Bonchev–Trinajstić information content (AvgIpc) is 2.68. The van der Waals surface area contributed by atoms with Crippen LogP contribution in [0.25, 0.3) is 10.8 Å². The SMILES string of the molecule is CC(Cc1ccc(Cl)cc1)[C@H](CN(C)Cc1cccc2ccccc12)C(=O)O. The molecule has 2 atom stereocenters. The molecule has 0 radical (unpaired) electrons. The average molecular weight is 396 g/mol. The van der Waals surface area contributed by atoms with E-state index in [1.807, 2.05) is 50.4 Å². The van der Waals surface area contributed by atoms with Crippen molar-refractivity contribution in [1.82, 2.24) is 4.90 Å². The van der Waals surface area contributed by atoms with E-state index in [9.17, 15) is 9.90 Å². The summed E-state index contributed by atoms with van der Waals surface area (Å²) in [6.45, 7) is 3.24. The molecule has 0 fully saturated rings. The third-order valence-corrected chi connectivity index (χ3v) is 5.56. The minimum atomic E-state index is -0.744. The summed E-state index contributed by atoms with van der Waals surface area (Å²) in [6.07, 6.45) is 0.718. The van der Waals surface area contributed by atoms with Crippen LogP contribution in [-0.4, -0.2) is 29.6 Å². The zero-order valence-electron chi connectivity index (χ0n) is 16.3. The molecule has 1 N–H and O–H groups in total. The van der Waals surface area contributed by atoms with Gasteiger partial charge >= 0.3 is 5.97 Å². The van der Waals surface area contributed by atoms with Crippen LogP contribution in [0.4, 0.5) is 0 Å². The molecule has 0 aliphatic heterocycles. The van der Waals surface area contributed by atoms with Gasteiger partial charge in [-0.1, -0.05) is 73.1 Å². The van der Waals surface area contributed by atoms with E-state index in [0.717, 1.165) is 18.5 Å². The largest absolute Gasteiger partial charge is 0.481 e. The number of benzene rings is 3. The Morgan fingerprint density at radius 2 is 1.71 bits per heavy atom. The van der Waals surface area contributed by atoms with Crippen molar-refractivity contribution in [3.8, 4) is 0 Å². The second-order valence-corrected chi connectivity index (χ2v) is 8.02. The van der Waals surface area contributed by atoms with Crippen LogP contribution in [0.15, 0.2) is 66.7 Å². The lowest BCUT2D eigenvalue weighted by molar-refractivity contribution is -0.144. The molecule has 4 heteroatoms. The molecule has 0 amide bonds. The van der Waals surface area contributed by atoms with Crippen LogP contribution >= 0.6 is 11.6 Å². The number of nitrogens with zero attached hydrogens (tertiary/aromatic N) is 1. The normalized spacial score (nSPS) is 13.6. The number of hydrogen-bond donors (Lipinski definition) is 1. The smallest absolute Gasteiger partial charge is 0.308 e. The van der Waals surface area contributed by atoms with Crippen LogP contribution in [0.2, 0.25) is 5.02 Å². The minimum Gasteiger partial charge on any atom is -0.481 e. The summed E-state index contributed by atoms with van der Waals surface area (Å²) in [6, 6.07) is 22.2. The number of hydrogen-bond acceptors (Lipinski definition) is 2. The first-order chi connectivity index (χ1) is 13.4. The zero-order valence-corrected chi connectivity index (χ0v) is 17.1. The second-order valence-electron chi connectivity index (χ2n) is 7.59. The van der Waals surface area contributed by atoms with Crippen molar-refractivity contribution in [1.29, 1.82) is 0 Å². The molecule has 0 heterocycles. The highest BCUT2D eigenvalue weighted by Gasteiger charge is 2.26. The molecule has 146 valence electrons. The molecular weight excluding hydrogens is 370 g/mol. The van der Waals surface area contributed by atoms with E-state index >= 15 is 0 Å². The molecule has 0 aliphatic rings. The number of carbonyl (C=O) groups is 1. The molecule has 1 unspecified atom stereocenters. The molecule has 0 aliphatic carbocycles. The second kappa shape index (κ2) is 9.22. The van der Waals surface area contributed by atoms with Crippen molar-refractivity contribution in [2.24, 2.45) is 11.8 Å². The third-order valence-electron chi connectivity index (χ3n) is 5.30. The van der Waals surface area contributed by atoms with Gasteiger partial charge in [0.15, 0.2) is 0 Å². The summed E-state index contributed by atoms with van der Waals surface area (Å²) < 4.78 is 0. The van der Waals surface area contributed by atoms with E-state index in [-0.39, 0.29) is 5.92 Å².